The molecule has 1 aliphatic heterocycles. The molecule has 0 N–H and O–H groups in total. The van der Waals surface area contributed by atoms with Crippen molar-refractivity contribution in [2.45, 2.75) is 36.8 Å². The maximum atomic E-state index is 11.3. The van der Waals surface area contributed by atoms with Gasteiger partial charge in [0.1, 0.15) is 5.82 Å². The van der Waals surface area contributed by atoms with Gasteiger partial charge in [-0.25, -0.2) is 0 Å². The molecule has 0 amide bonds. The molecule has 3 aromatic rings. The number of hydrogen-bond acceptors (Lipinski definition) is 6. The van der Waals surface area contributed by atoms with E-state index in [4.69, 9.17) is 0 Å². The van der Waals surface area contributed by atoms with Crippen molar-refractivity contribution in [1.82, 2.24) is 19.7 Å². The summed E-state index contributed by atoms with van der Waals surface area (Å²) >= 11 is 1.50. The first kappa shape index (κ1) is 19.6. The van der Waals surface area contributed by atoms with Gasteiger partial charge in [0.2, 0.25) is 0 Å². The van der Waals surface area contributed by atoms with Crippen molar-refractivity contribution in [2.24, 2.45) is 0 Å². The molecule has 0 atom stereocenters. The third-order valence-corrected chi connectivity index (χ3v) is 6.10. The molecule has 0 bridgehead atoms. The van der Waals surface area contributed by atoms with E-state index in [0.29, 0.717) is 17.9 Å². The minimum Gasteiger partial charge on any atom is -0.300 e. The Morgan fingerprint density at radius 3 is 2.45 bits per heavy atom. The molecule has 0 spiro atoms. The molecule has 1 fully saturated rings. The van der Waals surface area contributed by atoms with Gasteiger partial charge in [-0.1, -0.05) is 60.3 Å². The minimum absolute atomic E-state index is 0.145. The monoisotopic (exact) mass is 409 g/mol. The maximum absolute atomic E-state index is 11.3. The molecule has 1 saturated heterocycles. The van der Waals surface area contributed by atoms with E-state index in [-0.39, 0.29) is 10.6 Å². The predicted octanol–water partition coefficient (Wildman–Crippen LogP) is 4.12. The Morgan fingerprint density at radius 1 is 0.966 bits per heavy atom. The Balaban J connectivity index is 1.57. The third kappa shape index (κ3) is 4.83. The lowest BCUT2D eigenvalue weighted by atomic mass is 10.2. The topological polar surface area (TPSA) is 77.1 Å². The van der Waals surface area contributed by atoms with Crippen molar-refractivity contribution >= 4 is 17.4 Å². The molecule has 1 aromatic heterocycles. The standard InChI is InChI=1S/C21H23N5O2S/c27-26(28)19-11-5-4-10-18(19)16-29-21-23-22-20(15-24-12-6-7-13-24)25(21)14-17-8-2-1-3-9-17/h1-5,8-11H,6-7,12-16H2. The lowest BCUT2D eigenvalue weighted by molar-refractivity contribution is -0.385. The van der Waals surface area contributed by atoms with E-state index in [9.17, 15) is 10.1 Å². The molecule has 0 aliphatic carbocycles. The number of nitro benzene ring substituents is 1. The van der Waals surface area contributed by atoms with E-state index in [2.05, 4.69) is 31.8 Å². The predicted molar refractivity (Wildman–Crippen MR) is 113 cm³/mol. The number of thioether (sulfide) groups is 1. The van der Waals surface area contributed by atoms with Crippen molar-refractivity contribution in [3.8, 4) is 0 Å². The van der Waals surface area contributed by atoms with Crippen LogP contribution in [-0.4, -0.2) is 37.7 Å². The Morgan fingerprint density at radius 2 is 1.69 bits per heavy atom. The SMILES string of the molecule is O=[N+]([O-])c1ccccc1CSc1nnc(CN2CCCC2)n1Cc1ccccc1. The van der Waals surface area contributed by atoms with Crippen molar-refractivity contribution in [3.63, 3.8) is 0 Å². The molecule has 8 heteroatoms. The summed E-state index contributed by atoms with van der Waals surface area (Å²) in [7, 11) is 0. The molecule has 2 aromatic carbocycles. The van der Waals surface area contributed by atoms with Crippen molar-refractivity contribution < 1.29 is 4.92 Å². The van der Waals surface area contributed by atoms with E-state index < -0.39 is 0 Å². The second-order valence-corrected chi connectivity index (χ2v) is 8.07. The van der Waals surface area contributed by atoms with Gasteiger partial charge in [0.25, 0.3) is 5.69 Å². The van der Waals surface area contributed by atoms with Gasteiger partial charge in [0.15, 0.2) is 5.16 Å². The summed E-state index contributed by atoms with van der Waals surface area (Å²) < 4.78 is 2.15. The van der Waals surface area contributed by atoms with Crippen LogP contribution in [0.15, 0.2) is 59.8 Å². The van der Waals surface area contributed by atoms with E-state index in [1.807, 2.05) is 24.3 Å². The maximum Gasteiger partial charge on any atom is 0.273 e. The smallest absolute Gasteiger partial charge is 0.273 e. The van der Waals surface area contributed by atoms with Crippen LogP contribution in [0, 0.1) is 10.1 Å². The van der Waals surface area contributed by atoms with Crippen LogP contribution in [0.25, 0.3) is 0 Å². The molecule has 29 heavy (non-hydrogen) atoms. The molecular weight excluding hydrogens is 386 g/mol. The van der Waals surface area contributed by atoms with Crippen LogP contribution < -0.4 is 0 Å². The van der Waals surface area contributed by atoms with Crippen LogP contribution in [0.2, 0.25) is 0 Å². The molecule has 7 nitrogen and oxygen atoms in total. The Kier molecular flexibility index (Phi) is 6.21. The zero-order chi connectivity index (χ0) is 20.1. The highest BCUT2D eigenvalue weighted by Gasteiger charge is 2.20. The van der Waals surface area contributed by atoms with Gasteiger partial charge in [-0.15, -0.1) is 10.2 Å². The first-order chi connectivity index (χ1) is 14.2. The second-order valence-electron chi connectivity index (χ2n) is 7.13. The summed E-state index contributed by atoms with van der Waals surface area (Å²) in [5, 5.41) is 21.0. The average molecular weight is 410 g/mol. The number of nitrogens with zero attached hydrogens (tertiary/aromatic N) is 5. The van der Waals surface area contributed by atoms with Crippen molar-refractivity contribution in [1.29, 1.82) is 0 Å². The fraction of sp³-hybridized carbons (Fsp3) is 0.333. The summed E-state index contributed by atoms with van der Waals surface area (Å²) in [5.74, 6) is 1.43. The molecule has 0 unspecified atom stereocenters. The number of para-hydroxylation sites is 1. The third-order valence-electron chi connectivity index (χ3n) is 5.09. The van der Waals surface area contributed by atoms with Crippen molar-refractivity contribution in [3.05, 3.63) is 81.7 Å². The normalized spacial score (nSPS) is 14.3. The molecule has 1 aliphatic rings. The van der Waals surface area contributed by atoms with Gasteiger partial charge in [-0.05, 0) is 31.5 Å². The van der Waals surface area contributed by atoms with Gasteiger partial charge in [-0.2, -0.15) is 0 Å². The van der Waals surface area contributed by atoms with E-state index in [1.54, 1.807) is 18.2 Å². The van der Waals surface area contributed by atoms with Crippen LogP contribution in [0.1, 0.15) is 29.8 Å². The summed E-state index contributed by atoms with van der Waals surface area (Å²) in [4.78, 5) is 13.4. The molecule has 0 radical (unpaired) electrons. The zero-order valence-electron chi connectivity index (χ0n) is 16.1. The fourth-order valence-electron chi connectivity index (χ4n) is 3.56. The largest absolute Gasteiger partial charge is 0.300 e. The van der Waals surface area contributed by atoms with Crippen LogP contribution in [0.3, 0.4) is 0 Å². The van der Waals surface area contributed by atoms with Crippen LogP contribution >= 0.6 is 11.8 Å². The highest BCUT2D eigenvalue weighted by atomic mass is 32.2. The first-order valence-electron chi connectivity index (χ1n) is 9.74. The van der Waals surface area contributed by atoms with Crippen LogP contribution in [0.4, 0.5) is 5.69 Å². The molecule has 0 saturated carbocycles. The highest BCUT2D eigenvalue weighted by Crippen LogP contribution is 2.28. The summed E-state index contributed by atoms with van der Waals surface area (Å²) in [6.07, 6.45) is 2.46. The summed E-state index contributed by atoms with van der Waals surface area (Å²) in [6, 6.07) is 17.1. The lowest BCUT2D eigenvalue weighted by Gasteiger charge is -2.16. The van der Waals surface area contributed by atoms with Crippen molar-refractivity contribution in [2.75, 3.05) is 13.1 Å². The second kappa shape index (κ2) is 9.19. The molecule has 2 heterocycles. The van der Waals surface area contributed by atoms with Gasteiger partial charge >= 0.3 is 0 Å². The quantitative estimate of drug-likeness (QED) is 0.316. The number of nitro groups is 1. The first-order valence-corrected chi connectivity index (χ1v) is 10.7. The Hall–Kier alpha value is -2.71. The minimum atomic E-state index is -0.330. The van der Waals surface area contributed by atoms with Gasteiger partial charge in [0.05, 0.1) is 18.0 Å². The average Bonchev–Trinajstić information content (AvgIpc) is 3.38. The van der Waals surface area contributed by atoms with E-state index >= 15 is 0 Å². The molecular formula is C21H23N5O2S. The lowest BCUT2D eigenvalue weighted by Crippen LogP contribution is -2.21. The van der Waals surface area contributed by atoms with Crippen LogP contribution in [0.5, 0.6) is 0 Å². The molecule has 4 rings (SSSR count). The number of likely N-dealkylation sites (tertiary alicyclic amines) is 1. The van der Waals surface area contributed by atoms with Gasteiger partial charge in [-0.3, -0.25) is 15.0 Å². The number of rotatable bonds is 8. The highest BCUT2D eigenvalue weighted by molar-refractivity contribution is 7.98. The Bertz CT molecular complexity index is 970. The number of aromatic nitrogens is 3. The van der Waals surface area contributed by atoms with Gasteiger partial charge in [0, 0.05) is 17.4 Å². The number of hydrogen-bond donors (Lipinski definition) is 0. The van der Waals surface area contributed by atoms with Crippen LogP contribution in [-0.2, 0) is 18.8 Å². The summed E-state index contributed by atoms with van der Waals surface area (Å²) in [5.41, 5.74) is 2.02. The molecule has 150 valence electrons. The van der Waals surface area contributed by atoms with E-state index in [0.717, 1.165) is 30.6 Å². The number of benzene rings is 2. The van der Waals surface area contributed by atoms with Gasteiger partial charge < -0.3 is 4.57 Å². The Labute approximate surface area is 173 Å². The fourth-order valence-corrected chi connectivity index (χ4v) is 4.51. The summed E-state index contributed by atoms with van der Waals surface area (Å²) in [6.45, 7) is 3.66. The zero-order valence-corrected chi connectivity index (χ0v) is 16.9. The van der Waals surface area contributed by atoms with E-state index in [1.165, 1.54) is 30.2 Å².